The Morgan fingerprint density at radius 2 is 2.04 bits per heavy atom. The van der Waals surface area contributed by atoms with Crippen LogP contribution in [0.3, 0.4) is 0 Å². The molecule has 1 N–H and O–H groups in total. The number of nitrogens with one attached hydrogen (secondary N) is 1. The first-order chi connectivity index (χ1) is 11.6. The van der Waals surface area contributed by atoms with Crippen LogP contribution in [0.2, 0.25) is 5.02 Å². The molecule has 2 aromatic rings. The normalized spacial score (nSPS) is 12.6. The number of carbonyl (C=O) groups is 1. The zero-order valence-corrected chi connectivity index (χ0v) is 13.6. The quantitative estimate of drug-likeness (QED) is 0.679. The van der Waals surface area contributed by atoms with E-state index in [0.717, 1.165) is 5.56 Å². The van der Waals surface area contributed by atoms with Gasteiger partial charge in [-0.3, -0.25) is 4.79 Å². The van der Waals surface area contributed by atoms with Gasteiger partial charge in [0.05, 0.1) is 0 Å². The van der Waals surface area contributed by atoms with Crippen LogP contribution in [0.1, 0.15) is 11.1 Å². The average Bonchev–Trinajstić information content (AvgIpc) is 3.03. The first-order valence-corrected chi connectivity index (χ1v) is 7.53. The van der Waals surface area contributed by atoms with E-state index < -0.39 is 5.91 Å². The van der Waals surface area contributed by atoms with Gasteiger partial charge in [-0.25, -0.2) is 0 Å². The highest BCUT2D eigenvalue weighted by Crippen LogP contribution is 2.33. The molecule has 0 spiro atoms. The molecule has 0 atom stereocenters. The van der Waals surface area contributed by atoms with Gasteiger partial charge >= 0.3 is 0 Å². The predicted molar refractivity (Wildman–Crippen MR) is 91.0 cm³/mol. The molecule has 0 saturated heterocycles. The zero-order chi connectivity index (χ0) is 17.1. The first-order valence-electron chi connectivity index (χ1n) is 7.16. The van der Waals surface area contributed by atoms with E-state index in [1.165, 1.54) is 6.08 Å². The third-order valence-corrected chi connectivity index (χ3v) is 3.91. The lowest BCUT2D eigenvalue weighted by Crippen LogP contribution is -2.13. The van der Waals surface area contributed by atoms with Crippen molar-refractivity contribution in [1.29, 1.82) is 5.26 Å². The number of nitriles is 1. The summed E-state index contributed by atoms with van der Waals surface area (Å²) in [6, 6.07) is 12.3. The molecule has 5 nitrogen and oxygen atoms in total. The second-order valence-corrected chi connectivity index (χ2v) is 5.61. The molecule has 1 aliphatic heterocycles. The van der Waals surface area contributed by atoms with E-state index in [9.17, 15) is 10.1 Å². The van der Waals surface area contributed by atoms with E-state index in [1.54, 1.807) is 36.4 Å². The lowest BCUT2D eigenvalue weighted by molar-refractivity contribution is -0.112. The van der Waals surface area contributed by atoms with Crippen LogP contribution in [0, 0.1) is 18.3 Å². The first kappa shape index (κ1) is 15.9. The van der Waals surface area contributed by atoms with E-state index in [1.807, 2.05) is 13.0 Å². The largest absolute Gasteiger partial charge is 0.454 e. The van der Waals surface area contributed by atoms with Crippen molar-refractivity contribution in [2.75, 3.05) is 12.1 Å². The molecule has 0 fully saturated rings. The molecule has 0 saturated carbocycles. The van der Waals surface area contributed by atoms with Crippen LogP contribution in [0.25, 0.3) is 6.08 Å². The topological polar surface area (TPSA) is 71.4 Å². The molecule has 1 heterocycles. The highest BCUT2D eigenvalue weighted by Gasteiger charge is 2.14. The second-order valence-electron chi connectivity index (χ2n) is 5.20. The minimum atomic E-state index is -0.505. The Hall–Kier alpha value is -2.97. The van der Waals surface area contributed by atoms with Crippen LogP contribution < -0.4 is 14.8 Å². The molecule has 2 aromatic carbocycles. The third kappa shape index (κ3) is 3.34. The fourth-order valence-corrected chi connectivity index (χ4v) is 2.37. The van der Waals surface area contributed by atoms with Crippen molar-refractivity contribution in [3.63, 3.8) is 0 Å². The van der Waals surface area contributed by atoms with Crippen molar-refractivity contribution in [2.45, 2.75) is 6.92 Å². The van der Waals surface area contributed by atoms with Gasteiger partial charge in [0.15, 0.2) is 11.5 Å². The molecule has 0 unspecified atom stereocenters. The summed E-state index contributed by atoms with van der Waals surface area (Å²) in [6.45, 7) is 2.04. The van der Waals surface area contributed by atoms with E-state index in [4.69, 9.17) is 21.1 Å². The molecule has 3 rings (SSSR count). The smallest absolute Gasteiger partial charge is 0.266 e. The lowest BCUT2D eigenvalue weighted by atomic mass is 10.1. The average molecular weight is 341 g/mol. The summed E-state index contributed by atoms with van der Waals surface area (Å²) in [5.74, 6) is 0.728. The standard InChI is InChI=1S/C18H13ClN2O3/c1-11-2-4-14(8-15(11)19)21-18(22)13(9-20)6-12-3-5-16-17(7-12)24-10-23-16/h2-8H,10H2,1H3,(H,21,22)/b13-6+. The van der Waals surface area contributed by atoms with Crippen molar-refractivity contribution in [3.8, 4) is 17.6 Å². The van der Waals surface area contributed by atoms with Crippen molar-refractivity contribution in [2.24, 2.45) is 0 Å². The van der Waals surface area contributed by atoms with Crippen molar-refractivity contribution in [1.82, 2.24) is 0 Å². The molecular weight excluding hydrogens is 328 g/mol. The van der Waals surface area contributed by atoms with Gasteiger partial charge in [0, 0.05) is 10.7 Å². The van der Waals surface area contributed by atoms with E-state index in [0.29, 0.717) is 27.8 Å². The highest BCUT2D eigenvalue weighted by molar-refractivity contribution is 6.31. The van der Waals surface area contributed by atoms with Gasteiger partial charge in [0.1, 0.15) is 11.6 Å². The number of aryl methyl sites for hydroxylation is 1. The van der Waals surface area contributed by atoms with Crippen LogP contribution >= 0.6 is 11.6 Å². The summed E-state index contributed by atoms with van der Waals surface area (Å²) in [5, 5.41) is 12.5. The summed E-state index contributed by atoms with van der Waals surface area (Å²) in [4.78, 5) is 12.3. The Labute approximate surface area is 144 Å². The van der Waals surface area contributed by atoms with Crippen molar-refractivity contribution < 1.29 is 14.3 Å². The lowest BCUT2D eigenvalue weighted by Gasteiger charge is -2.06. The van der Waals surface area contributed by atoms with E-state index >= 15 is 0 Å². The number of hydrogen-bond donors (Lipinski definition) is 1. The summed E-state index contributed by atoms with van der Waals surface area (Å²) < 4.78 is 10.5. The molecular formula is C18H13ClN2O3. The Morgan fingerprint density at radius 3 is 2.79 bits per heavy atom. The molecule has 0 aromatic heterocycles. The molecule has 1 aliphatic rings. The van der Waals surface area contributed by atoms with Gasteiger partial charge < -0.3 is 14.8 Å². The number of carbonyl (C=O) groups excluding carboxylic acids is 1. The minimum absolute atomic E-state index is 0.0226. The fourth-order valence-electron chi connectivity index (χ4n) is 2.19. The molecule has 0 radical (unpaired) electrons. The van der Waals surface area contributed by atoms with Crippen molar-refractivity contribution in [3.05, 3.63) is 58.1 Å². The molecule has 24 heavy (non-hydrogen) atoms. The maximum absolute atomic E-state index is 12.3. The SMILES string of the molecule is Cc1ccc(NC(=O)/C(C#N)=C/c2ccc3c(c2)OCO3)cc1Cl. The van der Waals surface area contributed by atoms with E-state index in [2.05, 4.69) is 5.32 Å². The fraction of sp³-hybridized carbons (Fsp3) is 0.111. The summed E-state index contributed by atoms with van der Waals surface area (Å²) in [5.41, 5.74) is 2.09. The molecule has 6 heteroatoms. The third-order valence-electron chi connectivity index (χ3n) is 3.50. The second kappa shape index (κ2) is 6.65. The number of nitrogens with zero attached hydrogens (tertiary/aromatic N) is 1. The zero-order valence-electron chi connectivity index (χ0n) is 12.8. The van der Waals surface area contributed by atoms with Crippen LogP contribution in [0.5, 0.6) is 11.5 Å². The van der Waals surface area contributed by atoms with Crippen LogP contribution in [0.4, 0.5) is 5.69 Å². The van der Waals surface area contributed by atoms with Gasteiger partial charge in [0.2, 0.25) is 6.79 Å². The van der Waals surface area contributed by atoms with Crippen molar-refractivity contribution >= 4 is 29.3 Å². The number of fused-ring (bicyclic) bond motifs is 1. The maximum Gasteiger partial charge on any atom is 0.266 e. The van der Waals surface area contributed by atoms with Gasteiger partial charge in [-0.05, 0) is 48.4 Å². The Morgan fingerprint density at radius 1 is 1.25 bits per heavy atom. The Balaban J connectivity index is 1.81. The van der Waals surface area contributed by atoms with Gasteiger partial charge in [-0.1, -0.05) is 23.7 Å². The number of halogens is 1. The number of rotatable bonds is 3. The van der Waals surface area contributed by atoms with Gasteiger partial charge in [-0.2, -0.15) is 5.26 Å². The number of anilines is 1. The van der Waals surface area contributed by atoms with Crippen LogP contribution in [0.15, 0.2) is 42.0 Å². The summed E-state index contributed by atoms with van der Waals surface area (Å²) in [6.07, 6.45) is 1.49. The summed E-state index contributed by atoms with van der Waals surface area (Å²) in [7, 11) is 0. The predicted octanol–water partition coefficient (Wildman–Crippen LogP) is 3.92. The van der Waals surface area contributed by atoms with Gasteiger partial charge in [-0.15, -0.1) is 0 Å². The highest BCUT2D eigenvalue weighted by atomic mass is 35.5. The molecule has 0 aliphatic carbocycles. The van der Waals surface area contributed by atoms with E-state index in [-0.39, 0.29) is 12.4 Å². The minimum Gasteiger partial charge on any atom is -0.454 e. The Kier molecular flexibility index (Phi) is 4.41. The number of hydrogen-bond acceptors (Lipinski definition) is 4. The number of benzene rings is 2. The number of amides is 1. The monoisotopic (exact) mass is 340 g/mol. The maximum atomic E-state index is 12.3. The molecule has 1 amide bonds. The number of ether oxygens (including phenoxy) is 2. The summed E-state index contributed by atoms with van der Waals surface area (Å²) >= 11 is 6.04. The Bertz CT molecular complexity index is 884. The molecule has 120 valence electrons. The van der Waals surface area contributed by atoms with Gasteiger partial charge in [0.25, 0.3) is 5.91 Å². The van der Waals surface area contributed by atoms with Crippen LogP contribution in [-0.4, -0.2) is 12.7 Å². The molecule has 0 bridgehead atoms. The van der Waals surface area contributed by atoms with Crippen LogP contribution in [-0.2, 0) is 4.79 Å².